The number of fused-ring (bicyclic) bond motifs is 5. The Hall–Kier alpha value is -2.12. The fraction of sp³-hybridized carbons (Fsp3) is 0.480. The Bertz CT molecular complexity index is 1320. The Balaban J connectivity index is 1.73. The van der Waals surface area contributed by atoms with Gasteiger partial charge in [-0.25, -0.2) is 8.97 Å². The van der Waals surface area contributed by atoms with Crippen molar-refractivity contribution < 1.29 is 0 Å². The van der Waals surface area contributed by atoms with Gasteiger partial charge in [0.25, 0.3) is 5.56 Å². The minimum atomic E-state index is 0.0366. The molecule has 1 atom stereocenters. The molecule has 3 heterocycles. The number of hydrogen-bond donors (Lipinski definition) is 0. The molecule has 3 aromatic heterocycles. The smallest absolute Gasteiger partial charge is 0.268 e. The molecule has 5 nitrogen and oxygen atoms in total. The van der Waals surface area contributed by atoms with E-state index in [0.29, 0.717) is 11.7 Å². The number of thiophene rings is 1. The zero-order valence-electron chi connectivity index (χ0n) is 19.1. The molecule has 0 amide bonds. The molecule has 0 saturated carbocycles. The van der Waals surface area contributed by atoms with Crippen LogP contribution in [0.4, 0.5) is 0 Å². The predicted octanol–water partition coefficient (Wildman–Crippen LogP) is 6.52. The summed E-state index contributed by atoms with van der Waals surface area (Å²) in [4.78, 5) is 16.3. The highest BCUT2D eigenvalue weighted by Crippen LogP contribution is 2.41. The summed E-state index contributed by atoms with van der Waals surface area (Å²) in [6.45, 7) is 6.56. The minimum Gasteiger partial charge on any atom is -0.268 e. The van der Waals surface area contributed by atoms with E-state index in [1.54, 1.807) is 27.7 Å². The second kappa shape index (κ2) is 9.02. The average molecular weight is 467 g/mol. The summed E-state index contributed by atoms with van der Waals surface area (Å²) in [5, 5.41) is 10.9. The van der Waals surface area contributed by atoms with Gasteiger partial charge in [-0.2, -0.15) is 0 Å². The molecule has 4 aromatic rings. The van der Waals surface area contributed by atoms with E-state index in [4.69, 9.17) is 0 Å². The molecule has 0 fully saturated rings. The molecule has 0 saturated heterocycles. The summed E-state index contributed by atoms with van der Waals surface area (Å²) < 4.78 is 3.92. The summed E-state index contributed by atoms with van der Waals surface area (Å²) >= 11 is 3.54. The number of aryl methyl sites for hydroxylation is 2. The largest absolute Gasteiger partial charge is 0.268 e. The lowest BCUT2D eigenvalue weighted by atomic mass is 9.88. The molecule has 0 spiro atoms. The van der Waals surface area contributed by atoms with E-state index in [0.717, 1.165) is 39.7 Å². The first-order chi connectivity index (χ1) is 15.6. The first-order valence-electron chi connectivity index (χ1n) is 11.8. The first kappa shape index (κ1) is 21.7. The zero-order chi connectivity index (χ0) is 22.2. The van der Waals surface area contributed by atoms with Crippen molar-refractivity contribution in [3.63, 3.8) is 0 Å². The van der Waals surface area contributed by atoms with Crippen LogP contribution in [-0.4, -0.2) is 24.9 Å². The van der Waals surface area contributed by atoms with Crippen molar-refractivity contribution in [3.8, 4) is 5.69 Å². The summed E-state index contributed by atoms with van der Waals surface area (Å²) in [6, 6.07) is 8.12. The third kappa shape index (κ3) is 3.69. The molecule has 1 aromatic carbocycles. The quantitative estimate of drug-likeness (QED) is 0.230. The van der Waals surface area contributed by atoms with Gasteiger partial charge in [0.2, 0.25) is 5.78 Å². The Morgan fingerprint density at radius 2 is 1.97 bits per heavy atom. The fourth-order valence-electron chi connectivity index (χ4n) is 4.76. The van der Waals surface area contributed by atoms with Crippen LogP contribution >= 0.6 is 23.1 Å². The molecular formula is C25H30N4OS2. The minimum absolute atomic E-state index is 0.0366. The fourth-order valence-corrected chi connectivity index (χ4v) is 7.20. The summed E-state index contributed by atoms with van der Waals surface area (Å²) in [5.41, 5.74) is 3.32. The van der Waals surface area contributed by atoms with Crippen molar-refractivity contribution in [2.24, 2.45) is 0 Å². The van der Waals surface area contributed by atoms with Crippen molar-refractivity contribution in [2.45, 2.75) is 76.8 Å². The lowest BCUT2D eigenvalue weighted by Crippen LogP contribution is -2.22. The van der Waals surface area contributed by atoms with E-state index >= 15 is 0 Å². The summed E-state index contributed by atoms with van der Waals surface area (Å²) in [6.07, 6.45) is 8.32. The van der Waals surface area contributed by atoms with Gasteiger partial charge in [-0.1, -0.05) is 62.6 Å². The van der Waals surface area contributed by atoms with Gasteiger partial charge in [0.05, 0.1) is 11.1 Å². The average Bonchev–Trinajstić information content (AvgIpc) is 3.37. The van der Waals surface area contributed by atoms with Gasteiger partial charge < -0.3 is 0 Å². The molecule has 1 aliphatic rings. The Morgan fingerprint density at radius 1 is 1.16 bits per heavy atom. The SMILES string of the molecule is CCCCCCSc1nnc2n(-c3ccc(C)cc3)c(=O)c3c4c(sc3n12)CCC[C@@H]4C. The molecule has 5 rings (SSSR count). The highest BCUT2D eigenvalue weighted by Gasteiger charge is 2.28. The van der Waals surface area contributed by atoms with Gasteiger partial charge in [0.15, 0.2) is 5.16 Å². The maximum absolute atomic E-state index is 13.9. The van der Waals surface area contributed by atoms with Crippen LogP contribution in [0.15, 0.2) is 34.2 Å². The second-order valence-electron chi connectivity index (χ2n) is 8.92. The van der Waals surface area contributed by atoms with Crippen LogP contribution < -0.4 is 5.56 Å². The number of rotatable bonds is 7. The van der Waals surface area contributed by atoms with Crippen LogP contribution in [0, 0.1) is 6.92 Å². The molecule has 32 heavy (non-hydrogen) atoms. The van der Waals surface area contributed by atoms with Crippen LogP contribution in [-0.2, 0) is 6.42 Å². The molecule has 0 radical (unpaired) electrons. The normalized spacial score (nSPS) is 16.2. The lowest BCUT2D eigenvalue weighted by molar-refractivity contribution is 0.601. The van der Waals surface area contributed by atoms with Gasteiger partial charge in [0.1, 0.15) is 4.83 Å². The van der Waals surface area contributed by atoms with Crippen molar-refractivity contribution >= 4 is 39.1 Å². The van der Waals surface area contributed by atoms with E-state index in [2.05, 4.69) is 35.4 Å². The molecule has 0 N–H and O–H groups in total. The Labute approximate surface area is 196 Å². The summed E-state index contributed by atoms with van der Waals surface area (Å²) in [5.74, 6) is 2.05. The number of unbranched alkanes of at least 4 members (excludes halogenated alkanes) is 3. The maximum atomic E-state index is 13.9. The Morgan fingerprint density at radius 3 is 2.75 bits per heavy atom. The van der Waals surface area contributed by atoms with Crippen molar-refractivity contribution in [1.82, 2.24) is 19.2 Å². The van der Waals surface area contributed by atoms with Crippen LogP contribution in [0.1, 0.15) is 74.3 Å². The molecule has 0 bridgehead atoms. The summed E-state index contributed by atoms with van der Waals surface area (Å²) in [7, 11) is 0. The standard InChI is InChI=1S/C25H30N4OS2/c1-4-5-6-7-15-31-25-27-26-24-28(18-13-11-16(2)12-14-18)22(30)21-20-17(3)9-8-10-19(20)32-23(21)29(24)25/h11-14,17H,4-10,15H2,1-3H3/t17-/m0/s1. The third-order valence-corrected chi connectivity index (χ3v) is 8.76. The van der Waals surface area contributed by atoms with E-state index in [-0.39, 0.29) is 5.56 Å². The highest BCUT2D eigenvalue weighted by molar-refractivity contribution is 7.99. The van der Waals surface area contributed by atoms with Gasteiger partial charge in [-0.15, -0.1) is 21.5 Å². The lowest BCUT2D eigenvalue weighted by Gasteiger charge is -2.18. The third-order valence-electron chi connectivity index (χ3n) is 6.49. The van der Waals surface area contributed by atoms with Gasteiger partial charge in [-0.05, 0) is 56.2 Å². The van der Waals surface area contributed by atoms with Crippen molar-refractivity contribution in [2.75, 3.05) is 5.75 Å². The van der Waals surface area contributed by atoms with Crippen LogP contribution in [0.2, 0.25) is 0 Å². The number of aromatic nitrogens is 4. The monoisotopic (exact) mass is 466 g/mol. The highest BCUT2D eigenvalue weighted by atomic mass is 32.2. The molecule has 1 aliphatic carbocycles. The molecular weight excluding hydrogens is 436 g/mol. The van der Waals surface area contributed by atoms with Crippen molar-refractivity contribution in [3.05, 3.63) is 50.6 Å². The molecule has 0 unspecified atom stereocenters. The van der Waals surface area contributed by atoms with Gasteiger partial charge in [0, 0.05) is 10.6 Å². The second-order valence-corrected chi connectivity index (χ2v) is 11.1. The van der Waals surface area contributed by atoms with Crippen molar-refractivity contribution in [1.29, 1.82) is 0 Å². The van der Waals surface area contributed by atoms with Crippen LogP contribution in [0.5, 0.6) is 0 Å². The number of nitrogens with zero attached hydrogens (tertiary/aromatic N) is 4. The van der Waals surface area contributed by atoms with E-state index < -0.39 is 0 Å². The molecule has 7 heteroatoms. The first-order valence-corrected chi connectivity index (χ1v) is 13.6. The Kier molecular flexibility index (Phi) is 6.12. The van der Waals surface area contributed by atoms with E-state index in [1.165, 1.54) is 48.1 Å². The zero-order valence-corrected chi connectivity index (χ0v) is 20.7. The number of thioether (sulfide) groups is 1. The molecule has 0 aliphatic heterocycles. The van der Waals surface area contributed by atoms with Crippen LogP contribution in [0.3, 0.4) is 0 Å². The van der Waals surface area contributed by atoms with Gasteiger partial charge in [-0.3, -0.25) is 4.79 Å². The van der Waals surface area contributed by atoms with Crippen LogP contribution in [0.25, 0.3) is 21.7 Å². The number of hydrogen-bond acceptors (Lipinski definition) is 5. The maximum Gasteiger partial charge on any atom is 0.268 e. The van der Waals surface area contributed by atoms with Gasteiger partial charge >= 0.3 is 0 Å². The molecule has 168 valence electrons. The predicted molar refractivity (Wildman–Crippen MR) is 135 cm³/mol. The van der Waals surface area contributed by atoms with E-state index in [1.807, 2.05) is 24.3 Å². The van der Waals surface area contributed by atoms with E-state index in [9.17, 15) is 4.79 Å². The topological polar surface area (TPSA) is 52.2 Å². The number of benzene rings is 1.